The van der Waals surface area contributed by atoms with E-state index < -0.39 is 23.5 Å². The lowest BCUT2D eigenvalue weighted by Crippen LogP contribution is -2.24. The number of ether oxygens (including phenoxy) is 1. The zero-order valence-corrected chi connectivity index (χ0v) is 13.7. The van der Waals surface area contributed by atoms with Gasteiger partial charge in [-0.1, -0.05) is 12.1 Å². The van der Waals surface area contributed by atoms with E-state index in [2.05, 4.69) is 0 Å². The van der Waals surface area contributed by atoms with Crippen molar-refractivity contribution < 1.29 is 23.8 Å². The molecule has 1 aliphatic rings. The summed E-state index contributed by atoms with van der Waals surface area (Å²) in [5.41, 5.74) is 0.716. The number of halogens is 1. The molecule has 5 nitrogen and oxygen atoms in total. The van der Waals surface area contributed by atoms with E-state index in [4.69, 9.17) is 4.74 Å². The van der Waals surface area contributed by atoms with Crippen LogP contribution < -0.4 is 4.74 Å². The van der Waals surface area contributed by atoms with Gasteiger partial charge in [0.15, 0.2) is 0 Å². The monoisotopic (exact) mass is 341 g/mol. The maximum atomic E-state index is 13.6. The average Bonchev–Trinajstić information content (AvgIpc) is 2.85. The van der Waals surface area contributed by atoms with Gasteiger partial charge in [0.05, 0.1) is 18.7 Å². The van der Waals surface area contributed by atoms with Crippen molar-refractivity contribution in [1.82, 2.24) is 4.90 Å². The van der Waals surface area contributed by atoms with Gasteiger partial charge in [-0.15, -0.1) is 0 Å². The summed E-state index contributed by atoms with van der Waals surface area (Å²) in [6, 6.07) is 11.2. The largest absolute Gasteiger partial charge is 0.507 e. The van der Waals surface area contributed by atoms with Gasteiger partial charge in [0.2, 0.25) is 0 Å². The van der Waals surface area contributed by atoms with Crippen LogP contribution in [0.3, 0.4) is 0 Å². The molecule has 128 valence electrons. The Morgan fingerprint density at radius 1 is 1.16 bits per heavy atom. The van der Waals surface area contributed by atoms with Gasteiger partial charge in [-0.25, -0.2) is 4.39 Å². The smallest absolute Gasteiger partial charge is 0.295 e. The second kappa shape index (κ2) is 6.39. The second-order valence-electron chi connectivity index (χ2n) is 5.69. The summed E-state index contributed by atoms with van der Waals surface area (Å²) in [6.07, 6.45) is 0. The number of nitrogens with zero attached hydrogens (tertiary/aromatic N) is 1. The minimum absolute atomic E-state index is 0.0664. The number of carbonyl (C=O) groups is 2. The molecule has 0 saturated carbocycles. The summed E-state index contributed by atoms with van der Waals surface area (Å²) in [6.45, 7) is 0. The Bertz CT molecular complexity index is 873. The van der Waals surface area contributed by atoms with E-state index in [0.717, 1.165) is 0 Å². The van der Waals surface area contributed by atoms with Gasteiger partial charge in [0.1, 0.15) is 17.3 Å². The molecule has 0 bridgehead atoms. The van der Waals surface area contributed by atoms with Gasteiger partial charge in [0, 0.05) is 12.6 Å². The fourth-order valence-electron chi connectivity index (χ4n) is 2.92. The van der Waals surface area contributed by atoms with Crippen molar-refractivity contribution in [2.45, 2.75) is 6.04 Å². The highest BCUT2D eigenvalue weighted by Gasteiger charge is 2.44. The molecule has 3 rings (SSSR count). The Hall–Kier alpha value is -3.15. The Kier molecular flexibility index (Phi) is 4.27. The number of benzene rings is 2. The first kappa shape index (κ1) is 16.7. The number of likely N-dealkylation sites (tertiary alicyclic amines) is 1. The first-order valence-electron chi connectivity index (χ1n) is 7.58. The lowest BCUT2D eigenvalue weighted by molar-refractivity contribution is -0.139. The Morgan fingerprint density at radius 2 is 1.84 bits per heavy atom. The topological polar surface area (TPSA) is 66.8 Å². The maximum Gasteiger partial charge on any atom is 0.295 e. The van der Waals surface area contributed by atoms with E-state index >= 15 is 0 Å². The third kappa shape index (κ3) is 2.87. The summed E-state index contributed by atoms with van der Waals surface area (Å²) in [4.78, 5) is 25.7. The number of likely N-dealkylation sites (N-methyl/N-ethyl adjacent to an activating group) is 1. The van der Waals surface area contributed by atoms with E-state index in [9.17, 15) is 19.1 Å². The molecule has 0 unspecified atom stereocenters. The number of carbonyl (C=O) groups excluding carboxylic acids is 2. The molecule has 1 fully saturated rings. The second-order valence-corrected chi connectivity index (χ2v) is 5.69. The normalized spacial score (nSPS) is 19.3. The van der Waals surface area contributed by atoms with E-state index in [1.807, 2.05) is 0 Å². The molecular weight excluding hydrogens is 325 g/mol. The summed E-state index contributed by atoms with van der Waals surface area (Å²) in [7, 11) is 2.96. The highest BCUT2D eigenvalue weighted by atomic mass is 19.1. The fourth-order valence-corrected chi connectivity index (χ4v) is 2.92. The molecule has 0 spiro atoms. The first-order valence-corrected chi connectivity index (χ1v) is 7.58. The zero-order valence-electron chi connectivity index (χ0n) is 13.7. The summed E-state index contributed by atoms with van der Waals surface area (Å²) >= 11 is 0. The summed E-state index contributed by atoms with van der Waals surface area (Å²) in [5, 5.41) is 10.6. The molecule has 6 heteroatoms. The number of hydrogen-bond donors (Lipinski definition) is 1. The summed E-state index contributed by atoms with van der Waals surface area (Å²) in [5.74, 6) is -1.75. The van der Waals surface area contributed by atoms with Crippen LogP contribution in [0.1, 0.15) is 17.2 Å². The number of amides is 1. The fraction of sp³-hybridized carbons (Fsp3) is 0.158. The molecule has 2 aromatic rings. The van der Waals surface area contributed by atoms with E-state index in [-0.39, 0.29) is 11.3 Å². The molecular formula is C19H16FNO4. The SMILES string of the molecule is COc1ccc(C(O)=C2C(=O)C(=O)N(C)[C@H]2c2cccc(F)c2)cc1. The van der Waals surface area contributed by atoms with Crippen molar-refractivity contribution in [1.29, 1.82) is 0 Å². The zero-order chi connectivity index (χ0) is 18.1. The molecule has 1 amide bonds. The van der Waals surface area contributed by atoms with Crippen molar-refractivity contribution >= 4 is 17.4 Å². The van der Waals surface area contributed by atoms with E-state index in [0.29, 0.717) is 16.9 Å². The van der Waals surface area contributed by atoms with Crippen LogP contribution >= 0.6 is 0 Å². The lowest BCUT2D eigenvalue weighted by Gasteiger charge is -2.21. The molecule has 0 aromatic heterocycles. The molecule has 1 N–H and O–H groups in total. The Morgan fingerprint density at radius 3 is 2.44 bits per heavy atom. The average molecular weight is 341 g/mol. The minimum Gasteiger partial charge on any atom is -0.507 e. The van der Waals surface area contributed by atoms with Crippen LogP contribution in [-0.4, -0.2) is 35.9 Å². The number of hydrogen-bond acceptors (Lipinski definition) is 4. The minimum atomic E-state index is -0.849. The summed E-state index contributed by atoms with van der Waals surface area (Å²) < 4.78 is 18.7. The number of rotatable bonds is 3. The van der Waals surface area contributed by atoms with Crippen molar-refractivity contribution in [2.75, 3.05) is 14.2 Å². The number of methoxy groups -OCH3 is 1. The van der Waals surface area contributed by atoms with Crippen LogP contribution in [0.4, 0.5) is 4.39 Å². The van der Waals surface area contributed by atoms with E-state index in [1.165, 1.54) is 37.3 Å². The van der Waals surface area contributed by atoms with Crippen molar-refractivity contribution in [2.24, 2.45) is 0 Å². The lowest BCUT2D eigenvalue weighted by atomic mass is 9.95. The van der Waals surface area contributed by atoms with Gasteiger partial charge < -0.3 is 14.7 Å². The van der Waals surface area contributed by atoms with Crippen LogP contribution in [0.2, 0.25) is 0 Å². The number of aliphatic hydroxyl groups excluding tert-OH is 1. The predicted molar refractivity (Wildman–Crippen MR) is 89.5 cm³/mol. The third-order valence-corrected chi connectivity index (χ3v) is 4.20. The Labute approximate surface area is 144 Å². The van der Waals surface area contributed by atoms with Crippen LogP contribution in [0.5, 0.6) is 5.75 Å². The number of Topliss-reactive ketones (excluding diaryl/α,β-unsaturated/α-hetero) is 1. The molecule has 0 aliphatic carbocycles. The molecule has 0 radical (unpaired) electrons. The van der Waals surface area contributed by atoms with Gasteiger partial charge in [-0.05, 0) is 42.0 Å². The first-order chi connectivity index (χ1) is 11.9. The van der Waals surface area contributed by atoms with Crippen LogP contribution in [0.25, 0.3) is 5.76 Å². The van der Waals surface area contributed by atoms with Crippen LogP contribution in [-0.2, 0) is 9.59 Å². The van der Waals surface area contributed by atoms with Crippen LogP contribution in [0, 0.1) is 5.82 Å². The van der Waals surface area contributed by atoms with Crippen molar-refractivity contribution in [3.8, 4) is 5.75 Å². The highest BCUT2D eigenvalue weighted by molar-refractivity contribution is 6.46. The van der Waals surface area contributed by atoms with Crippen LogP contribution in [0.15, 0.2) is 54.1 Å². The molecule has 1 heterocycles. The highest BCUT2D eigenvalue weighted by Crippen LogP contribution is 2.38. The number of ketones is 1. The molecule has 2 aromatic carbocycles. The van der Waals surface area contributed by atoms with Crippen molar-refractivity contribution in [3.63, 3.8) is 0 Å². The standard InChI is InChI=1S/C19H16FNO4/c1-21-16(12-4-3-5-13(20)10-12)15(18(23)19(21)24)17(22)11-6-8-14(25-2)9-7-11/h3-10,16,22H,1-2H3/t16-/m0/s1. The predicted octanol–water partition coefficient (Wildman–Crippen LogP) is 2.89. The molecule has 1 saturated heterocycles. The molecule has 1 atom stereocenters. The van der Waals surface area contributed by atoms with Gasteiger partial charge >= 0.3 is 0 Å². The maximum absolute atomic E-state index is 13.6. The van der Waals surface area contributed by atoms with Crippen molar-refractivity contribution in [3.05, 3.63) is 71.0 Å². The Balaban J connectivity index is 2.14. The van der Waals surface area contributed by atoms with Gasteiger partial charge in [-0.2, -0.15) is 0 Å². The molecule has 1 aliphatic heterocycles. The molecule has 25 heavy (non-hydrogen) atoms. The van der Waals surface area contributed by atoms with Gasteiger partial charge in [0.25, 0.3) is 11.7 Å². The van der Waals surface area contributed by atoms with E-state index in [1.54, 1.807) is 30.3 Å². The quantitative estimate of drug-likeness (QED) is 0.530. The third-order valence-electron chi connectivity index (χ3n) is 4.20. The van der Waals surface area contributed by atoms with Gasteiger partial charge in [-0.3, -0.25) is 9.59 Å². The number of aliphatic hydroxyl groups is 1.